The number of phenols is 1. The van der Waals surface area contributed by atoms with E-state index in [0.29, 0.717) is 18.7 Å². The van der Waals surface area contributed by atoms with E-state index < -0.39 is 11.9 Å². The van der Waals surface area contributed by atoms with E-state index in [4.69, 9.17) is 0 Å². The molecule has 0 aliphatic carbocycles. The Morgan fingerprint density at radius 3 is 1.83 bits per heavy atom. The van der Waals surface area contributed by atoms with Crippen molar-refractivity contribution in [1.29, 1.82) is 0 Å². The summed E-state index contributed by atoms with van der Waals surface area (Å²) in [7, 11) is 0. The number of amides is 3. The lowest BCUT2D eigenvalue weighted by Crippen LogP contribution is -2.48. The van der Waals surface area contributed by atoms with E-state index in [1.165, 1.54) is 76.8 Å². The van der Waals surface area contributed by atoms with Crippen LogP contribution in [0.5, 0.6) is 5.75 Å². The molecule has 1 aromatic rings. The minimum atomic E-state index is -0.805. The second-order valence-electron chi connectivity index (χ2n) is 11.3. The molecule has 1 aromatic carbocycles. The van der Waals surface area contributed by atoms with Crippen molar-refractivity contribution in [1.82, 2.24) is 16.0 Å². The van der Waals surface area contributed by atoms with Crippen molar-refractivity contribution in [3.8, 4) is 5.75 Å². The summed E-state index contributed by atoms with van der Waals surface area (Å²) >= 11 is 0. The smallest absolute Gasteiger partial charge is 0.242 e. The highest BCUT2D eigenvalue weighted by Crippen LogP contribution is 2.13. The van der Waals surface area contributed by atoms with Crippen molar-refractivity contribution < 1.29 is 19.5 Å². The molecule has 1 rings (SSSR count). The summed E-state index contributed by atoms with van der Waals surface area (Å²) in [5.41, 5.74) is 0.512. The van der Waals surface area contributed by atoms with Crippen LogP contribution in [-0.4, -0.2) is 54.7 Å². The van der Waals surface area contributed by atoms with Crippen LogP contribution in [0.25, 0.3) is 0 Å². The fraction of sp³-hybridized carbons (Fsp3) is 0.706. The van der Waals surface area contributed by atoms with E-state index in [1.54, 1.807) is 24.3 Å². The summed E-state index contributed by atoms with van der Waals surface area (Å²) in [6.45, 7) is 5.44. The highest BCUT2D eigenvalue weighted by atomic mass is 16.3. The summed E-state index contributed by atoms with van der Waals surface area (Å²) in [5, 5.41) is 18.5. The maximum atomic E-state index is 12.9. The second kappa shape index (κ2) is 25.8. The average molecular weight is 587 g/mol. The van der Waals surface area contributed by atoms with Crippen molar-refractivity contribution in [2.24, 2.45) is 4.99 Å². The van der Waals surface area contributed by atoms with Gasteiger partial charge in [0.05, 0.1) is 0 Å². The van der Waals surface area contributed by atoms with Gasteiger partial charge >= 0.3 is 0 Å². The SMILES string of the molecule is CCCCCCCCCCNC(=O)CC[C@H](NC(=O)CN=Cc1ccccc1O)C(=O)NCCCCCCCCCC. The molecule has 8 nitrogen and oxygen atoms in total. The van der Waals surface area contributed by atoms with Gasteiger partial charge in [-0.05, 0) is 31.4 Å². The number of carbonyl (C=O) groups is 3. The van der Waals surface area contributed by atoms with Gasteiger partial charge in [0.1, 0.15) is 18.3 Å². The third-order valence-electron chi connectivity index (χ3n) is 7.40. The predicted octanol–water partition coefficient (Wildman–Crippen LogP) is 6.59. The number of nitrogens with zero attached hydrogens (tertiary/aromatic N) is 1. The monoisotopic (exact) mass is 586 g/mol. The number of aromatic hydroxyl groups is 1. The average Bonchev–Trinajstić information content (AvgIpc) is 2.98. The Morgan fingerprint density at radius 1 is 0.738 bits per heavy atom. The molecule has 8 heteroatoms. The number of rotatable bonds is 26. The molecule has 0 spiro atoms. The first kappa shape index (κ1) is 37.1. The molecule has 0 fully saturated rings. The minimum Gasteiger partial charge on any atom is -0.507 e. The lowest BCUT2D eigenvalue weighted by atomic mass is 10.1. The molecule has 0 heterocycles. The minimum absolute atomic E-state index is 0.0813. The van der Waals surface area contributed by atoms with Crippen LogP contribution in [0.2, 0.25) is 0 Å². The largest absolute Gasteiger partial charge is 0.507 e. The number of unbranched alkanes of at least 4 members (excludes halogenated alkanes) is 14. The number of carbonyl (C=O) groups excluding carboxylic acids is 3. The first-order chi connectivity index (χ1) is 20.5. The van der Waals surface area contributed by atoms with Crippen LogP contribution in [0, 0.1) is 0 Å². The van der Waals surface area contributed by atoms with E-state index in [1.807, 2.05) is 0 Å². The molecule has 0 aliphatic heterocycles. The van der Waals surface area contributed by atoms with Crippen molar-refractivity contribution in [3.63, 3.8) is 0 Å². The topological polar surface area (TPSA) is 120 Å². The zero-order chi connectivity index (χ0) is 30.7. The molecule has 238 valence electrons. The Kier molecular flexibility index (Phi) is 22.8. The molecule has 3 amide bonds. The fourth-order valence-electron chi connectivity index (χ4n) is 4.78. The number of para-hydroxylation sites is 1. The van der Waals surface area contributed by atoms with Crippen LogP contribution in [0.1, 0.15) is 135 Å². The van der Waals surface area contributed by atoms with Gasteiger partial charge in [-0.1, -0.05) is 116 Å². The zero-order valence-corrected chi connectivity index (χ0v) is 26.4. The lowest BCUT2D eigenvalue weighted by Gasteiger charge is -2.18. The van der Waals surface area contributed by atoms with Gasteiger partial charge in [0.15, 0.2) is 0 Å². The van der Waals surface area contributed by atoms with Crippen molar-refractivity contribution in [2.45, 2.75) is 135 Å². The van der Waals surface area contributed by atoms with Gasteiger partial charge in [-0.3, -0.25) is 19.4 Å². The van der Waals surface area contributed by atoms with Crippen LogP contribution in [0.15, 0.2) is 29.3 Å². The molecule has 1 atom stereocenters. The number of benzene rings is 1. The predicted molar refractivity (Wildman–Crippen MR) is 173 cm³/mol. The summed E-state index contributed by atoms with van der Waals surface area (Å²) in [6.07, 6.45) is 20.9. The van der Waals surface area contributed by atoms with Gasteiger partial charge in [0.25, 0.3) is 0 Å². The number of aliphatic imine (C=N–C) groups is 1. The molecular weight excluding hydrogens is 528 g/mol. The van der Waals surface area contributed by atoms with E-state index in [0.717, 1.165) is 32.1 Å². The van der Waals surface area contributed by atoms with Crippen LogP contribution in [0.3, 0.4) is 0 Å². The number of phenolic OH excluding ortho intramolecular Hbond substituents is 1. The zero-order valence-electron chi connectivity index (χ0n) is 26.4. The molecule has 0 saturated carbocycles. The van der Waals surface area contributed by atoms with Gasteiger partial charge < -0.3 is 21.1 Å². The van der Waals surface area contributed by atoms with Crippen molar-refractivity contribution in [2.75, 3.05) is 19.6 Å². The quantitative estimate of drug-likeness (QED) is 0.0723. The molecule has 0 bridgehead atoms. The normalized spacial score (nSPS) is 11.9. The third-order valence-corrected chi connectivity index (χ3v) is 7.40. The summed E-state index contributed by atoms with van der Waals surface area (Å²) < 4.78 is 0. The lowest BCUT2D eigenvalue weighted by molar-refractivity contribution is -0.129. The Bertz CT molecular complexity index is 890. The Labute approximate surface area is 254 Å². The Balaban J connectivity index is 2.45. The molecule has 0 aromatic heterocycles. The molecule has 0 radical (unpaired) electrons. The summed E-state index contributed by atoms with van der Waals surface area (Å²) in [4.78, 5) is 42.1. The Morgan fingerprint density at radius 2 is 1.26 bits per heavy atom. The van der Waals surface area contributed by atoms with Gasteiger partial charge in [-0.15, -0.1) is 0 Å². The van der Waals surface area contributed by atoms with Crippen molar-refractivity contribution in [3.05, 3.63) is 29.8 Å². The van der Waals surface area contributed by atoms with Gasteiger partial charge in [-0.25, -0.2) is 0 Å². The highest BCUT2D eigenvalue weighted by molar-refractivity contribution is 5.90. The van der Waals surface area contributed by atoms with E-state index in [-0.39, 0.29) is 37.0 Å². The van der Waals surface area contributed by atoms with E-state index >= 15 is 0 Å². The van der Waals surface area contributed by atoms with Gasteiger partial charge in [0, 0.05) is 31.3 Å². The molecular formula is C34H58N4O4. The molecule has 0 unspecified atom stereocenters. The number of hydrogen-bond acceptors (Lipinski definition) is 5. The number of nitrogens with one attached hydrogen (secondary N) is 3. The van der Waals surface area contributed by atoms with Crippen LogP contribution in [-0.2, 0) is 14.4 Å². The highest BCUT2D eigenvalue weighted by Gasteiger charge is 2.21. The van der Waals surface area contributed by atoms with E-state index in [2.05, 4.69) is 34.8 Å². The van der Waals surface area contributed by atoms with Crippen LogP contribution < -0.4 is 16.0 Å². The first-order valence-corrected chi connectivity index (χ1v) is 16.6. The summed E-state index contributed by atoms with van der Waals surface area (Å²) in [6, 6.07) is 5.93. The van der Waals surface area contributed by atoms with Crippen LogP contribution >= 0.6 is 0 Å². The van der Waals surface area contributed by atoms with Gasteiger partial charge in [0.2, 0.25) is 17.7 Å². The fourth-order valence-corrected chi connectivity index (χ4v) is 4.78. The molecule has 0 saturated heterocycles. The standard InChI is InChI=1S/C34H58N4O4/c1-3-5-7-9-11-13-15-19-25-36-32(40)24-23-30(34(42)37-26-20-16-14-12-10-8-6-4-2)38-33(41)28-35-27-29-21-17-18-22-31(29)39/h17-18,21-22,27,30,39H,3-16,19-20,23-26,28H2,1-2H3,(H,36,40)(H,37,42)(H,38,41)/t30-/m0/s1. The summed E-state index contributed by atoms with van der Waals surface area (Å²) in [5.74, 6) is -0.705. The van der Waals surface area contributed by atoms with Gasteiger partial charge in [-0.2, -0.15) is 0 Å². The van der Waals surface area contributed by atoms with Crippen LogP contribution in [0.4, 0.5) is 0 Å². The maximum Gasteiger partial charge on any atom is 0.242 e. The number of hydrogen-bond donors (Lipinski definition) is 4. The maximum absolute atomic E-state index is 12.9. The second-order valence-corrected chi connectivity index (χ2v) is 11.3. The first-order valence-electron chi connectivity index (χ1n) is 16.6. The van der Waals surface area contributed by atoms with Crippen molar-refractivity contribution >= 4 is 23.9 Å². The molecule has 0 aliphatic rings. The third kappa shape index (κ3) is 20.1. The molecule has 4 N–H and O–H groups in total. The Hall–Kier alpha value is -2.90. The molecule has 42 heavy (non-hydrogen) atoms. The van der Waals surface area contributed by atoms with E-state index in [9.17, 15) is 19.5 Å².